The van der Waals surface area contributed by atoms with Gasteiger partial charge in [0.25, 0.3) is 0 Å². The monoisotopic (exact) mass is 185 g/mol. The second-order valence-electron chi connectivity index (χ2n) is 3.23. The molecule has 71 valence electrons. The van der Waals surface area contributed by atoms with E-state index in [9.17, 15) is 0 Å². The van der Waals surface area contributed by atoms with E-state index in [4.69, 9.17) is 0 Å². The molecule has 2 rings (SSSR count). The number of para-hydroxylation sites is 1. The first-order valence-corrected chi connectivity index (χ1v) is 4.92. The molecule has 2 heteroatoms. The zero-order valence-corrected chi connectivity index (χ0v) is 8.27. The van der Waals surface area contributed by atoms with Crippen molar-refractivity contribution >= 4 is 0 Å². The molecule has 0 amide bonds. The molecule has 1 heterocycles. The van der Waals surface area contributed by atoms with Crippen molar-refractivity contribution in [1.82, 2.24) is 9.78 Å². The van der Waals surface area contributed by atoms with Gasteiger partial charge < -0.3 is 0 Å². The predicted molar refractivity (Wildman–Crippen MR) is 56.4 cm³/mol. The van der Waals surface area contributed by atoms with E-state index in [-0.39, 0.29) is 0 Å². The number of aromatic nitrogens is 2. The van der Waals surface area contributed by atoms with Crippen LogP contribution in [0.2, 0.25) is 0 Å². The van der Waals surface area contributed by atoms with Crippen LogP contribution in [0.1, 0.15) is 19.0 Å². The van der Waals surface area contributed by atoms with Crippen LogP contribution in [-0.4, -0.2) is 9.78 Å². The Bertz CT molecular complexity index is 390. The normalized spacial score (nSPS) is 10.4. The number of aryl methyl sites for hydroxylation is 1. The summed E-state index contributed by atoms with van der Waals surface area (Å²) in [4.78, 5) is 0. The van der Waals surface area contributed by atoms with Crippen LogP contribution in [0, 0.1) is 6.07 Å². The van der Waals surface area contributed by atoms with E-state index < -0.39 is 0 Å². The van der Waals surface area contributed by atoms with Gasteiger partial charge in [-0.25, -0.2) is 4.68 Å². The molecule has 0 unspecified atom stereocenters. The predicted octanol–water partition coefficient (Wildman–Crippen LogP) is 2.62. The molecule has 0 aliphatic heterocycles. The fourth-order valence-corrected chi connectivity index (χ4v) is 1.50. The highest BCUT2D eigenvalue weighted by Gasteiger charge is 2.02. The molecule has 0 aliphatic carbocycles. The van der Waals surface area contributed by atoms with Gasteiger partial charge in [-0.3, -0.25) is 0 Å². The van der Waals surface area contributed by atoms with Gasteiger partial charge in [-0.1, -0.05) is 31.5 Å². The van der Waals surface area contributed by atoms with Crippen molar-refractivity contribution in [2.24, 2.45) is 0 Å². The zero-order chi connectivity index (χ0) is 9.80. The van der Waals surface area contributed by atoms with Crippen molar-refractivity contribution in [2.45, 2.75) is 19.8 Å². The standard InChI is InChI=1S/C12H13N2/c1-2-6-11-9-10-13-14(11)12-7-4-3-5-8-12/h3-5,7-8,10H,2,6H2,1H3. The quantitative estimate of drug-likeness (QED) is 0.718. The Kier molecular flexibility index (Phi) is 2.63. The average molecular weight is 185 g/mol. The molecule has 1 radical (unpaired) electrons. The van der Waals surface area contributed by atoms with Crippen molar-refractivity contribution in [1.29, 1.82) is 0 Å². The maximum Gasteiger partial charge on any atom is 0.0649 e. The summed E-state index contributed by atoms with van der Waals surface area (Å²) in [5, 5.41) is 4.27. The number of rotatable bonds is 3. The number of hydrogen-bond donors (Lipinski definition) is 0. The lowest BCUT2D eigenvalue weighted by Gasteiger charge is -2.05. The summed E-state index contributed by atoms with van der Waals surface area (Å²) < 4.78 is 1.95. The van der Waals surface area contributed by atoms with Crippen molar-refractivity contribution in [2.75, 3.05) is 0 Å². The summed E-state index contributed by atoms with van der Waals surface area (Å²) in [6, 6.07) is 13.3. The molecule has 0 saturated carbocycles. The summed E-state index contributed by atoms with van der Waals surface area (Å²) in [7, 11) is 0. The summed E-state index contributed by atoms with van der Waals surface area (Å²) >= 11 is 0. The van der Waals surface area contributed by atoms with Gasteiger partial charge in [0.05, 0.1) is 17.6 Å². The highest BCUT2D eigenvalue weighted by molar-refractivity contribution is 5.31. The number of benzene rings is 1. The van der Waals surface area contributed by atoms with Gasteiger partial charge in [0.1, 0.15) is 0 Å². The first kappa shape index (κ1) is 9.00. The summed E-state index contributed by atoms with van der Waals surface area (Å²) in [5.74, 6) is 0. The van der Waals surface area contributed by atoms with E-state index in [0.29, 0.717) is 0 Å². The molecule has 0 atom stereocenters. The molecule has 0 bridgehead atoms. The lowest BCUT2D eigenvalue weighted by molar-refractivity contribution is 0.774. The van der Waals surface area contributed by atoms with E-state index >= 15 is 0 Å². The molecule has 0 spiro atoms. The fraction of sp³-hybridized carbons (Fsp3) is 0.250. The Morgan fingerprint density at radius 2 is 2.07 bits per heavy atom. The topological polar surface area (TPSA) is 17.8 Å². The van der Waals surface area contributed by atoms with Crippen molar-refractivity contribution in [3.05, 3.63) is 48.3 Å². The van der Waals surface area contributed by atoms with Crippen LogP contribution in [0.15, 0.2) is 36.5 Å². The van der Waals surface area contributed by atoms with Gasteiger partial charge in [0.15, 0.2) is 0 Å². The van der Waals surface area contributed by atoms with Gasteiger partial charge in [-0.05, 0) is 18.6 Å². The molecule has 0 aliphatic rings. The molecular formula is C12H13N2. The maximum atomic E-state index is 4.27. The largest absolute Gasteiger partial charge is 0.237 e. The Hall–Kier alpha value is -1.57. The third-order valence-corrected chi connectivity index (χ3v) is 2.15. The van der Waals surface area contributed by atoms with Crippen LogP contribution in [-0.2, 0) is 6.42 Å². The Morgan fingerprint density at radius 1 is 1.29 bits per heavy atom. The SMILES string of the molecule is CCCc1[c]cnn1-c1ccccc1. The average Bonchev–Trinajstić information content (AvgIpc) is 2.68. The number of hydrogen-bond acceptors (Lipinski definition) is 1. The third-order valence-electron chi connectivity index (χ3n) is 2.15. The van der Waals surface area contributed by atoms with Gasteiger partial charge in [0.2, 0.25) is 0 Å². The number of nitrogens with zero attached hydrogens (tertiary/aromatic N) is 2. The molecule has 0 fully saturated rings. The molecule has 0 N–H and O–H groups in total. The van der Waals surface area contributed by atoms with Crippen LogP contribution in [0.3, 0.4) is 0 Å². The second kappa shape index (κ2) is 4.09. The first-order chi connectivity index (χ1) is 6.92. The Balaban J connectivity index is 2.37. The highest BCUT2D eigenvalue weighted by atomic mass is 15.3. The Labute approximate surface area is 84.2 Å². The minimum atomic E-state index is 1.02. The summed E-state index contributed by atoms with van der Waals surface area (Å²) in [6.45, 7) is 2.16. The Morgan fingerprint density at radius 3 is 2.79 bits per heavy atom. The van der Waals surface area contributed by atoms with Crippen molar-refractivity contribution in [3.8, 4) is 5.69 Å². The van der Waals surface area contributed by atoms with E-state index in [1.807, 2.05) is 22.9 Å². The second-order valence-corrected chi connectivity index (χ2v) is 3.23. The van der Waals surface area contributed by atoms with Crippen LogP contribution < -0.4 is 0 Å². The summed E-state index contributed by atoms with van der Waals surface area (Å²) in [5.41, 5.74) is 2.26. The van der Waals surface area contributed by atoms with Crippen LogP contribution in [0.4, 0.5) is 0 Å². The summed E-state index contributed by atoms with van der Waals surface area (Å²) in [6.07, 6.45) is 3.88. The fourth-order valence-electron chi connectivity index (χ4n) is 1.50. The highest BCUT2D eigenvalue weighted by Crippen LogP contribution is 2.10. The lowest BCUT2D eigenvalue weighted by Crippen LogP contribution is -2.01. The molecule has 2 aromatic rings. The van der Waals surface area contributed by atoms with Crippen LogP contribution in [0.25, 0.3) is 5.69 Å². The minimum Gasteiger partial charge on any atom is -0.237 e. The van der Waals surface area contributed by atoms with Crippen molar-refractivity contribution in [3.63, 3.8) is 0 Å². The molecule has 14 heavy (non-hydrogen) atoms. The molecule has 2 nitrogen and oxygen atoms in total. The zero-order valence-electron chi connectivity index (χ0n) is 8.27. The van der Waals surface area contributed by atoms with Crippen LogP contribution in [0.5, 0.6) is 0 Å². The van der Waals surface area contributed by atoms with Gasteiger partial charge in [-0.15, -0.1) is 0 Å². The van der Waals surface area contributed by atoms with E-state index in [1.54, 1.807) is 6.20 Å². The molecule has 0 saturated heterocycles. The third kappa shape index (κ3) is 1.69. The van der Waals surface area contributed by atoms with Crippen molar-refractivity contribution < 1.29 is 0 Å². The van der Waals surface area contributed by atoms with Crippen LogP contribution >= 0.6 is 0 Å². The maximum absolute atomic E-state index is 4.27. The lowest BCUT2D eigenvalue weighted by atomic mass is 10.2. The van der Waals surface area contributed by atoms with E-state index in [1.165, 1.54) is 0 Å². The van der Waals surface area contributed by atoms with E-state index in [2.05, 4.69) is 30.2 Å². The van der Waals surface area contributed by atoms with Gasteiger partial charge in [-0.2, -0.15) is 5.10 Å². The first-order valence-electron chi connectivity index (χ1n) is 4.92. The van der Waals surface area contributed by atoms with Gasteiger partial charge in [0, 0.05) is 6.07 Å². The smallest absolute Gasteiger partial charge is 0.0649 e. The molecule has 1 aromatic carbocycles. The van der Waals surface area contributed by atoms with E-state index in [0.717, 1.165) is 24.2 Å². The molecular weight excluding hydrogens is 172 g/mol. The molecule has 1 aromatic heterocycles. The van der Waals surface area contributed by atoms with Gasteiger partial charge >= 0.3 is 0 Å². The minimum absolute atomic E-state index is 1.02.